The normalized spacial score (nSPS) is 13.1. The minimum absolute atomic E-state index is 0.0224. The van der Waals surface area contributed by atoms with Gasteiger partial charge < -0.3 is 10.6 Å². The van der Waals surface area contributed by atoms with Gasteiger partial charge in [0.25, 0.3) is 0 Å². The number of carbonyl (C=O) groups excluding carboxylic acids is 1. The molecule has 0 radical (unpaired) electrons. The first-order chi connectivity index (χ1) is 8.84. The van der Waals surface area contributed by atoms with Crippen LogP contribution in [0.25, 0.3) is 0 Å². The van der Waals surface area contributed by atoms with Crippen molar-refractivity contribution in [2.45, 2.75) is 41.2 Å². The Morgan fingerprint density at radius 2 is 2.00 bits per heavy atom. The first-order valence-corrected chi connectivity index (χ1v) is 6.95. The van der Waals surface area contributed by atoms with Crippen LogP contribution in [0.3, 0.4) is 0 Å². The number of benzene rings is 1. The summed E-state index contributed by atoms with van der Waals surface area (Å²) in [5.41, 5.74) is 2.03. The Hall–Kier alpha value is -1.35. The van der Waals surface area contributed by atoms with E-state index in [0.29, 0.717) is 0 Å². The fourth-order valence-corrected chi connectivity index (χ4v) is 1.67. The van der Waals surface area contributed by atoms with Gasteiger partial charge in [0.15, 0.2) is 0 Å². The molecule has 0 saturated carbocycles. The average Bonchev–Trinajstić information content (AvgIpc) is 2.34. The lowest BCUT2D eigenvalue weighted by Crippen LogP contribution is -2.30. The smallest absolute Gasteiger partial charge is 0.227 e. The summed E-state index contributed by atoms with van der Waals surface area (Å²) in [7, 11) is 0. The quantitative estimate of drug-likeness (QED) is 0.853. The zero-order valence-corrected chi connectivity index (χ0v) is 12.7. The predicted molar refractivity (Wildman–Crippen MR) is 81.1 cm³/mol. The topological polar surface area (TPSA) is 41.1 Å². The van der Waals surface area contributed by atoms with Crippen LogP contribution in [0.5, 0.6) is 0 Å². The lowest BCUT2D eigenvalue weighted by molar-refractivity contribution is -0.122. The minimum Gasteiger partial charge on any atom is -0.326 e. The maximum Gasteiger partial charge on any atom is 0.227 e. The van der Waals surface area contributed by atoms with Gasteiger partial charge >= 0.3 is 0 Å². The van der Waals surface area contributed by atoms with Crippen LogP contribution in [0.15, 0.2) is 24.3 Å². The van der Waals surface area contributed by atoms with E-state index in [0.717, 1.165) is 18.8 Å². The molecule has 1 aromatic rings. The van der Waals surface area contributed by atoms with E-state index in [2.05, 4.69) is 44.4 Å². The molecule has 1 atom stereocenters. The second-order valence-corrected chi connectivity index (χ2v) is 6.06. The van der Waals surface area contributed by atoms with Crippen LogP contribution in [-0.4, -0.2) is 12.5 Å². The molecule has 0 spiro atoms. The molecular weight excluding hydrogens is 236 g/mol. The summed E-state index contributed by atoms with van der Waals surface area (Å²) >= 11 is 0. The van der Waals surface area contributed by atoms with Crippen LogP contribution in [0.4, 0.5) is 5.69 Å². The van der Waals surface area contributed by atoms with Gasteiger partial charge in [0.1, 0.15) is 0 Å². The molecule has 3 heteroatoms. The largest absolute Gasteiger partial charge is 0.326 e. The zero-order chi connectivity index (χ0) is 14.5. The van der Waals surface area contributed by atoms with Crippen LogP contribution < -0.4 is 10.6 Å². The third-order valence-corrected chi connectivity index (χ3v) is 3.47. The molecule has 0 heterocycles. The Morgan fingerprint density at radius 3 is 2.58 bits per heavy atom. The van der Waals surface area contributed by atoms with Gasteiger partial charge in [-0.1, -0.05) is 46.8 Å². The first kappa shape index (κ1) is 15.7. The fourth-order valence-electron chi connectivity index (χ4n) is 1.67. The Labute approximate surface area is 116 Å². The third kappa shape index (κ3) is 5.03. The van der Waals surface area contributed by atoms with E-state index >= 15 is 0 Å². The number of carbonyl (C=O) groups is 1. The molecule has 0 aliphatic heterocycles. The lowest BCUT2D eigenvalue weighted by Gasteiger charge is -2.26. The molecule has 1 aromatic carbocycles. The molecule has 0 aromatic heterocycles. The average molecular weight is 262 g/mol. The molecule has 3 nitrogen and oxygen atoms in total. The maximum absolute atomic E-state index is 12.2. The van der Waals surface area contributed by atoms with Crippen molar-refractivity contribution < 1.29 is 4.79 Å². The van der Waals surface area contributed by atoms with Crippen molar-refractivity contribution in [2.24, 2.45) is 11.3 Å². The number of anilines is 1. The van der Waals surface area contributed by atoms with Crippen molar-refractivity contribution in [1.29, 1.82) is 0 Å². The maximum atomic E-state index is 12.2. The van der Waals surface area contributed by atoms with Crippen LogP contribution >= 0.6 is 0 Å². The molecule has 0 saturated heterocycles. The number of nitrogens with one attached hydrogen (secondary N) is 2. The third-order valence-electron chi connectivity index (χ3n) is 3.47. The van der Waals surface area contributed by atoms with E-state index in [1.165, 1.54) is 5.56 Å². The van der Waals surface area contributed by atoms with Gasteiger partial charge in [-0.05, 0) is 29.7 Å². The minimum atomic E-state index is -0.0232. The summed E-state index contributed by atoms with van der Waals surface area (Å²) < 4.78 is 0. The van der Waals surface area contributed by atoms with Gasteiger partial charge in [-0.3, -0.25) is 4.79 Å². The second kappa shape index (κ2) is 6.71. The van der Waals surface area contributed by atoms with Gasteiger partial charge in [-0.2, -0.15) is 0 Å². The van der Waals surface area contributed by atoms with Gasteiger partial charge in [0.05, 0.1) is 0 Å². The summed E-state index contributed by atoms with van der Waals surface area (Å²) in [4.78, 5) is 12.2. The summed E-state index contributed by atoms with van der Waals surface area (Å²) in [6.45, 7) is 12.1. The standard InChI is InChI=1S/C16H26N2O/c1-6-17-11-13-8-7-9-14(10-13)18-15(19)12(2)16(3,4)5/h7-10,12,17H,6,11H2,1-5H3,(H,18,19). The molecule has 1 rings (SSSR count). The SMILES string of the molecule is CCNCc1cccc(NC(=O)C(C)C(C)(C)C)c1. The fraction of sp³-hybridized carbons (Fsp3) is 0.562. The summed E-state index contributed by atoms with van der Waals surface area (Å²) in [5, 5.41) is 6.28. The molecule has 1 unspecified atom stereocenters. The van der Waals surface area contributed by atoms with Crippen LogP contribution in [-0.2, 0) is 11.3 Å². The van der Waals surface area contributed by atoms with Crippen LogP contribution in [0.1, 0.15) is 40.2 Å². The molecule has 0 bridgehead atoms. The van der Waals surface area contributed by atoms with Crippen molar-refractivity contribution in [3.63, 3.8) is 0 Å². The zero-order valence-electron chi connectivity index (χ0n) is 12.7. The Kier molecular flexibility index (Phi) is 5.55. The molecular formula is C16H26N2O. The van der Waals surface area contributed by atoms with Crippen molar-refractivity contribution in [3.8, 4) is 0 Å². The molecule has 1 amide bonds. The number of hydrogen-bond donors (Lipinski definition) is 2. The number of amides is 1. The second-order valence-electron chi connectivity index (χ2n) is 6.06. The molecule has 106 valence electrons. The highest BCUT2D eigenvalue weighted by Gasteiger charge is 2.26. The summed E-state index contributed by atoms with van der Waals surface area (Å²) in [5.74, 6) is 0.0537. The van der Waals surface area contributed by atoms with Gasteiger partial charge in [0, 0.05) is 18.2 Å². The van der Waals surface area contributed by atoms with Crippen LogP contribution in [0, 0.1) is 11.3 Å². The van der Waals surface area contributed by atoms with E-state index in [1.54, 1.807) is 0 Å². The van der Waals surface area contributed by atoms with Crippen LogP contribution in [0.2, 0.25) is 0 Å². The van der Waals surface area contributed by atoms with Crippen molar-refractivity contribution in [2.75, 3.05) is 11.9 Å². The van der Waals surface area contributed by atoms with E-state index in [1.807, 2.05) is 25.1 Å². The van der Waals surface area contributed by atoms with Crippen molar-refractivity contribution in [3.05, 3.63) is 29.8 Å². The van der Waals surface area contributed by atoms with E-state index < -0.39 is 0 Å². The van der Waals surface area contributed by atoms with Crippen molar-refractivity contribution >= 4 is 11.6 Å². The molecule has 19 heavy (non-hydrogen) atoms. The van der Waals surface area contributed by atoms with Gasteiger partial charge in [-0.15, -0.1) is 0 Å². The predicted octanol–water partition coefficient (Wildman–Crippen LogP) is 3.42. The summed E-state index contributed by atoms with van der Waals surface area (Å²) in [6.07, 6.45) is 0. The molecule has 0 fully saturated rings. The van der Waals surface area contributed by atoms with E-state index in [4.69, 9.17) is 0 Å². The van der Waals surface area contributed by atoms with Crippen molar-refractivity contribution in [1.82, 2.24) is 5.32 Å². The summed E-state index contributed by atoms with van der Waals surface area (Å²) in [6, 6.07) is 7.99. The van der Waals surface area contributed by atoms with Gasteiger partial charge in [-0.25, -0.2) is 0 Å². The molecule has 0 aliphatic rings. The Balaban J connectivity index is 2.69. The first-order valence-electron chi connectivity index (χ1n) is 6.95. The van der Waals surface area contributed by atoms with E-state index in [-0.39, 0.29) is 17.2 Å². The molecule has 0 aliphatic carbocycles. The lowest BCUT2D eigenvalue weighted by atomic mass is 9.81. The highest BCUT2D eigenvalue weighted by Crippen LogP contribution is 2.26. The number of rotatable bonds is 5. The highest BCUT2D eigenvalue weighted by atomic mass is 16.1. The highest BCUT2D eigenvalue weighted by molar-refractivity contribution is 5.92. The Morgan fingerprint density at radius 1 is 1.32 bits per heavy atom. The monoisotopic (exact) mass is 262 g/mol. The Bertz CT molecular complexity index is 421. The van der Waals surface area contributed by atoms with E-state index in [9.17, 15) is 4.79 Å². The number of hydrogen-bond acceptors (Lipinski definition) is 2. The van der Waals surface area contributed by atoms with Gasteiger partial charge in [0.2, 0.25) is 5.91 Å². The molecule has 2 N–H and O–H groups in total.